The molecule has 1 atom stereocenters. The zero-order chi connectivity index (χ0) is 20.8. The van der Waals surface area contributed by atoms with E-state index < -0.39 is 0 Å². The number of ether oxygens (including phenoxy) is 1. The summed E-state index contributed by atoms with van der Waals surface area (Å²) in [6, 6.07) is 8.94. The first-order chi connectivity index (χ1) is 13.2. The van der Waals surface area contributed by atoms with E-state index in [0.29, 0.717) is 40.3 Å². The Kier molecular flexibility index (Phi) is 8.21. The zero-order valence-electron chi connectivity index (χ0n) is 16.9. The van der Waals surface area contributed by atoms with Crippen molar-refractivity contribution in [1.29, 1.82) is 0 Å². The Labute approximate surface area is 177 Å². The number of aromatic hydroxyl groups is 1. The van der Waals surface area contributed by atoms with Gasteiger partial charge in [-0.05, 0) is 46.7 Å². The number of rotatable bonds is 9. The van der Waals surface area contributed by atoms with E-state index in [2.05, 4.69) is 13.8 Å². The second kappa shape index (κ2) is 10.2. The highest BCUT2D eigenvalue weighted by Gasteiger charge is 2.14. The van der Waals surface area contributed by atoms with Crippen molar-refractivity contribution in [1.82, 2.24) is 0 Å². The Morgan fingerprint density at radius 1 is 1.11 bits per heavy atom. The standard InChI is InChI=1S/C23H28Cl2O3/c1-5-15(4)8-17(26)13-28-18-11-21(24)20(22(25)12-18)10-16-6-7-23(27)19(9-16)14(2)3/h6-7,9,11-12,14-15,27H,5,8,10,13H2,1-4H3. The highest BCUT2D eigenvalue weighted by Crippen LogP contribution is 2.34. The van der Waals surface area contributed by atoms with Gasteiger partial charge in [0.05, 0.1) is 0 Å². The monoisotopic (exact) mass is 422 g/mol. The summed E-state index contributed by atoms with van der Waals surface area (Å²) in [7, 11) is 0. The van der Waals surface area contributed by atoms with Crippen molar-refractivity contribution in [3.63, 3.8) is 0 Å². The van der Waals surface area contributed by atoms with Crippen molar-refractivity contribution in [3.8, 4) is 11.5 Å². The molecule has 0 aliphatic heterocycles. The van der Waals surface area contributed by atoms with Gasteiger partial charge in [-0.25, -0.2) is 0 Å². The number of ketones is 1. The minimum Gasteiger partial charge on any atom is -0.508 e. The minimum absolute atomic E-state index is 0.0199. The van der Waals surface area contributed by atoms with Crippen LogP contribution in [0.25, 0.3) is 0 Å². The van der Waals surface area contributed by atoms with Crippen LogP contribution in [-0.2, 0) is 11.2 Å². The molecule has 2 aromatic rings. The molecule has 0 bridgehead atoms. The van der Waals surface area contributed by atoms with Crippen molar-refractivity contribution < 1.29 is 14.6 Å². The average molecular weight is 423 g/mol. The van der Waals surface area contributed by atoms with Gasteiger partial charge in [-0.15, -0.1) is 0 Å². The van der Waals surface area contributed by atoms with Crippen molar-refractivity contribution in [3.05, 3.63) is 57.1 Å². The van der Waals surface area contributed by atoms with Gasteiger partial charge in [0.25, 0.3) is 0 Å². The van der Waals surface area contributed by atoms with Gasteiger partial charge < -0.3 is 9.84 Å². The number of carbonyl (C=O) groups is 1. The van der Waals surface area contributed by atoms with E-state index in [1.54, 1.807) is 18.2 Å². The summed E-state index contributed by atoms with van der Waals surface area (Å²) >= 11 is 12.9. The summed E-state index contributed by atoms with van der Waals surface area (Å²) in [6.07, 6.45) is 2.02. The first-order valence-corrected chi connectivity index (χ1v) is 10.4. The molecule has 5 heteroatoms. The fourth-order valence-electron chi connectivity index (χ4n) is 2.97. The fraction of sp³-hybridized carbons (Fsp3) is 0.435. The molecule has 0 heterocycles. The minimum atomic E-state index is 0.0199. The Morgan fingerprint density at radius 2 is 1.75 bits per heavy atom. The summed E-state index contributed by atoms with van der Waals surface area (Å²) < 4.78 is 5.59. The number of phenols is 1. The Balaban J connectivity index is 2.12. The molecule has 1 N–H and O–H groups in total. The van der Waals surface area contributed by atoms with E-state index in [-0.39, 0.29) is 18.3 Å². The maximum Gasteiger partial charge on any atom is 0.170 e. The van der Waals surface area contributed by atoms with Gasteiger partial charge in [0.1, 0.15) is 18.1 Å². The van der Waals surface area contributed by atoms with E-state index in [1.165, 1.54) is 0 Å². The number of Topliss-reactive ketones (excluding diaryl/α,β-unsaturated/α-hetero) is 1. The van der Waals surface area contributed by atoms with Crippen LogP contribution < -0.4 is 4.74 Å². The fourth-order valence-corrected chi connectivity index (χ4v) is 3.57. The molecule has 2 rings (SSSR count). The first-order valence-electron chi connectivity index (χ1n) is 9.65. The molecule has 0 aliphatic carbocycles. The molecule has 0 aliphatic rings. The van der Waals surface area contributed by atoms with Crippen LogP contribution in [0.3, 0.4) is 0 Å². The van der Waals surface area contributed by atoms with E-state index >= 15 is 0 Å². The molecule has 0 saturated carbocycles. The normalized spacial score (nSPS) is 12.2. The third-order valence-electron chi connectivity index (χ3n) is 4.88. The smallest absolute Gasteiger partial charge is 0.170 e. The lowest BCUT2D eigenvalue weighted by molar-refractivity contribution is -0.121. The van der Waals surface area contributed by atoms with Gasteiger partial charge in [0, 0.05) is 22.9 Å². The van der Waals surface area contributed by atoms with Crippen LogP contribution >= 0.6 is 23.2 Å². The molecule has 0 amide bonds. The topological polar surface area (TPSA) is 46.5 Å². The highest BCUT2D eigenvalue weighted by molar-refractivity contribution is 6.36. The van der Waals surface area contributed by atoms with Crippen molar-refractivity contribution in [2.45, 2.75) is 52.9 Å². The molecule has 152 valence electrons. The lowest BCUT2D eigenvalue weighted by atomic mass is 9.96. The van der Waals surface area contributed by atoms with Crippen molar-refractivity contribution in [2.75, 3.05) is 6.61 Å². The number of halogens is 2. The second-order valence-electron chi connectivity index (χ2n) is 7.64. The van der Waals surface area contributed by atoms with Crippen LogP contribution in [0.5, 0.6) is 11.5 Å². The van der Waals surface area contributed by atoms with Crippen LogP contribution in [0.2, 0.25) is 10.0 Å². The molecule has 1 unspecified atom stereocenters. The number of benzene rings is 2. The van der Waals surface area contributed by atoms with Crippen LogP contribution in [0.1, 0.15) is 63.1 Å². The number of phenolic OH excluding ortho intramolecular Hbond substituents is 1. The molecule has 0 spiro atoms. The van der Waals surface area contributed by atoms with Gasteiger partial charge in [-0.2, -0.15) is 0 Å². The average Bonchev–Trinajstić information content (AvgIpc) is 2.63. The van der Waals surface area contributed by atoms with Crippen molar-refractivity contribution >= 4 is 29.0 Å². The molecule has 0 saturated heterocycles. The SMILES string of the molecule is CCC(C)CC(=O)COc1cc(Cl)c(Cc2ccc(O)c(C(C)C)c2)c(Cl)c1. The second-order valence-corrected chi connectivity index (χ2v) is 8.45. The Hall–Kier alpha value is -1.71. The molecule has 2 aromatic carbocycles. The maximum atomic E-state index is 12.0. The predicted molar refractivity (Wildman–Crippen MR) is 116 cm³/mol. The zero-order valence-corrected chi connectivity index (χ0v) is 18.4. The van der Waals surface area contributed by atoms with Gasteiger partial charge in [0.15, 0.2) is 5.78 Å². The predicted octanol–water partition coefficient (Wildman–Crippen LogP) is 6.80. The largest absolute Gasteiger partial charge is 0.508 e. The van der Waals surface area contributed by atoms with Crippen molar-refractivity contribution in [2.24, 2.45) is 5.92 Å². The molecule has 28 heavy (non-hydrogen) atoms. The lowest BCUT2D eigenvalue weighted by Gasteiger charge is -2.14. The lowest BCUT2D eigenvalue weighted by Crippen LogP contribution is -2.14. The van der Waals surface area contributed by atoms with Crippen LogP contribution in [-0.4, -0.2) is 17.5 Å². The summed E-state index contributed by atoms with van der Waals surface area (Å²) in [5.41, 5.74) is 2.70. The maximum absolute atomic E-state index is 12.0. The van der Waals surface area contributed by atoms with Gasteiger partial charge >= 0.3 is 0 Å². The van der Waals surface area contributed by atoms with E-state index in [0.717, 1.165) is 23.1 Å². The summed E-state index contributed by atoms with van der Waals surface area (Å²) in [6.45, 7) is 8.21. The third kappa shape index (κ3) is 6.15. The van der Waals surface area contributed by atoms with E-state index in [1.807, 2.05) is 26.0 Å². The molecule has 0 aromatic heterocycles. The quantitative estimate of drug-likeness (QED) is 0.483. The summed E-state index contributed by atoms with van der Waals surface area (Å²) in [5.74, 6) is 1.42. The summed E-state index contributed by atoms with van der Waals surface area (Å²) in [4.78, 5) is 12.0. The molecule has 0 radical (unpaired) electrons. The third-order valence-corrected chi connectivity index (χ3v) is 5.56. The van der Waals surface area contributed by atoms with Crippen LogP contribution in [0.4, 0.5) is 0 Å². The first kappa shape index (κ1) is 22.6. The number of hydrogen-bond donors (Lipinski definition) is 1. The molecule has 0 fully saturated rings. The van der Waals surface area contributed by atoms with Gasteiger partial charge in [-0.3, -0.25) is 4.79 Å². The van der Waals surface area contributed by atoms with Crippen LogP contribution in [0.15, 0.2) is 30.3 Å². The van der Waals surface area contributed by atoms with Gasteiger partial charge in [-0.1, -0.05) is 69.5 Å². The van der Waals surface area contributed by atoms with E-state index in [9.17, 15) is 9.90 Å². The number of hydrogen-bond acceptors (Lipinski definition) is 3. The van der Waals surface area contributed by atoms with Crippen LogP contribution in [0, 0.1) is 5.92 Å². The Bertz CT molecular complexity index is 808. The highest BCUT2D eigenvalue weighted by atomic mass is 35.5. The number of carbonyl (C=O) groups excluding carboxylic acids is 1. The molecule has 3 nitrogen and oxygen atoms in total. The van der Waals surface area contributed by atoms with E-state index in [4.69, 9.17) is 27.9 Å². The molecular weight excluding hydrogens is 395 g/mol. The molecular formula is C23H28Cl2O3. The van der Waals surface area contributed by atoms with Gasteiger partial charge in [0.2, 0.25) is 0 Å². The Morgan fingerprint density at radius 3 is 2.32 bits per heavy atom. The summed E-state index contributed by atoms with van der Waals surface area (Å²) in [5, 5.41) is 11.0.